The van der Waals surface area contributed by atoms with Crippen LogP contribution >= 0.6 is 0 Å². The molecule has 0 saturated heterocycles. The highest BCUT2D eigenvalue weighted by Crippen LogP contribution is 2.40. The van der Waals surface area contributed by atoms with Crippen molar-refractivity contribution in [2.45, 2.75) is 38.4 Å². The van der Waals surface area contributed by atoms with Gasteiger partial charge in [-0.15, -0.1) is 0 Å². The number of rotatable bonds is 6. The molecule has 4 nitrogen and oxygen atoms in total. The predicted molar refractivity (Wildman–Crippen MR) is 101 cm³/mol. The molecule has 2 atom stereocenters. The quantitative estimate of drug-likeness (QED) is 0.856. The van der Waals surface area contributed by atoms with Crippen molar-refractivity contribution >= 4 is 0 Å². The molecule has 2 aromatic rings. The van der Waals surface area contributed by atoms with Crippen molar-refractivity contribution in [3.8, 4) is 11.5 Å². The van der Waals surface area contributed by atoms with E-state index in [9.17, 15) is 4.39 Å². The van der Waals surface area contributed by atoms with Crippen molar-refractivity contribution in [3.63, 3.8) is 0 Å². The Labute approximate surface area is 154 Å². The van der Waals surface area contributed by atoms with Gasteiger partial charge in [0, 0.05) is 19.1 Å². The zero-order chi connectivity index (χ0) is 18.7. The first-order valence-corrected chi connectivity index (χ1v) is 9.06. The lowest BCUT2D eigenvalue weighted by Gasteiger charge is -2.40. The largest absolute Gasteiger partial charge is 0.493 e. The average molecular weight is 358 g/mol. The van der Waals surface area contributed by atoms with Gasteiger partial charge in [-0.1, -0.05) is 19.1 Å². The lowest BCUT2D eigenvalue weighted by Crippen LogP contribution is -2.44. The smallest absolute Gasteiger partial charge is 0.161 e. The number of benzene rings is 2. The summed E-state index contributed by atoms with van der Waals surface area (Å²) in [5.74, 6) is 1.25. The molecule has 2 N–H and O–H groups in total. The fourth-order valence-electron chi connectivity index (χ4n) is 3.80. The number of fused-ring (bicyclic) bond motifs is 1. The molecule has 0 aliphatic carbocycles. The van der Waals surface area contributed by atoms with E-state index in [2.05, 4.69) is 17.9 Å². The summed E-state index contributed by atoms with van der Waals surface area (Å²) in [4.78, 5) is 2.34. The molecule has 1 heterocycles. The molecule has 0 aromatic heterocycles. The molecule has 3 rings (SSSR count). The molecule has 0 unspecified atom stereocenters. The SMILES string of the molecule is CC[C@@H](N)[C@@H]1c2cc(OC)c(OC)cc2CCN1Cc1cccc(F)c1. The Kier molecular flexibility index (Phi) is 5.79. The van der Waals surface area contributed by atoms with E-state index >= 15 is 0 Å². The van der Waals surface area contributed by atoms with Gasteiger partial charge in [0.15, 0.2) is 11.5 Å². The normalized spacial score (nSPS) is 18.3. The van der Waals surface area contributed by atoms with Crippen LogP contribution in [0.2, 0.25) is 0 Å². The first-order chi connectivity index (χ1) is 12.6. The number of halogens is 1. The van der Waals surface area contributed by atoms with Crippen molar-refractivity contribution in [3.05, 3.63) is 58.9 Å². The van der Waals surface area contributed by atoms with Crippen LogP contribution in [0.15, 0.2) is 36.4 Å². The van der Waals surface area contributed by atoms with Crippen molar-refractivity contribution in [1.29, 1.82) is 0 Å². The van der Waals surface area contributed by atoms with Crippen molar-refractivity contribution < 1.29 is 13.9 Å². The zero-order valence-corrected chi connectivity index (χ0v) is 15.7. The topological polar surface area (TPSA) is 47.7 Å². The molecule has 0 fully saturated rings. The molecule has 0 radical (unpaired) electrons. The Hall–Kier alpha value is -2.11. The molecule has 0 spiro atoms. The third-order valence-corrected chi connectivity index (χ3v) is 5.18. The maximum atomic E-state index is 13.6. The molecule has 2 aromatic carbocycles. The van der Waals surface area contributed by atoms with Crippen LogP contribution in [0.3, 0.4) is 0 Å². The lowest BCUT2D eigenvalue weighted by atomic mass is 9.86. The van der Waals surface area contributed by atoms with Gasteiger partial charge in [-0.3, -0.25) is 4.90 Å². The van der Waals surface area contributed by atoms with Gasteiger partial charge in [-0.05, 0) is 53.8 Å². The highest BCUT2D eigenvalue weighted by atomic mass is 19.1. The molecule has 140 valence electrons. The van der Waals surface area contributed by atoms with E-state index in [1.54, 1.807) is 26.4 Å². The van der Waals surface area contributed by atoms with Crippen LogP contribution in [-0.4, -0.2) is 31.7 Å². The summed E-state index contributed by atoms with van der Waals surface area (Å²) in [7, 11) is 3.30. The minimum Gasteiger partial charge on any atom is -0.493 e. The lowest BCUT2D eigenvalue weighted by molar-refractivity contribution is 0.148. The van der Waals surface area contributed by atoms with Crippen molar-refractivity contribution in [2.75, 3.05) is 20.8 Å². The Morgan fingerprint density at radius 2 is 1.92 bits per heavy atom. The first-order valence-electron chi connectivity index (χ1n) is 9.06. The van der Waals surface area contributed by atoms with E-state index in [1.807, 2.05) is 12.1 Å². The van der Waals surface area contributed by atoms with Gasteiger partial charge >= 0.3 is 0 Å². The Morgan fingerprint density at radius 3 is 2.58 bits per heavy atom. The Morgan fingerprint density at radius 1 is 1.19 bits per heavy atom. The van der Waals surface area contributed by atoms with Crippen LogP contribution in [0.1, 0.15) is 36.1 Å². The van der Waals surface area contributed by atoms with E-state index in [-0.39, 0.29) is 17.9 Å². The summed E-state index contributed by atoms with van der Waals surface area (Å²) in [6.07, 6.45) is 1.76. The molecule has 1 aliphatic rings. The summed E-state index contributed by atoms with van der Waals surface area (Å²) in [6, 6.07) is 10.9. The molecule has 26 heavy (non-hydrogen) atoms. The van der Waals surface area contributed by atoms with E-state index < -0.39 is 0 Å². The zero-order valence-electron chi connectivity index (χ0n) is 15.7. The number of ether oxygens (including phenoxy) is 2. The molecule has 0 amide bonds. The standard InChI is InChI=1S/C21H27FN2O2/c1-4-18(23)21-17-12-20(26-3)19(25-2)11-15(17)8-9-24(21)13-14-6-5-7-16(22)10-14/h5-7,10-12,18,21H,4,8-9,13,23H2,1-3H3/t18-,21+/m1/s1. The third kappa shape index (κ3) is 3.69. The van der Waals surface area contributed by atoms with Crippen molar-refractivity contribution in [1.82, 2.24) is 4.90 Å². The fraction of sp³-hybridized carbons (Fsp3) is 0.429. The van der Waals surface area contributed by atoms with Gasteiger partial charge in [-0.2, -0.15) is 0 Å². The minimum absolute atomic E-state index is 0.0132. The second-order valence-corrected chi connectivity index (χ2v) is 6.77. The summed E-state index contributed by atoms with van der Waals surface area (Å²) < 4.78 is 24.5. The second-order valence-electron chi connectivity index (χ2n) is 6.77. The monoisotopic (exact) mass is 358 g/mol. The highest BCUT2D eigenvalue weighted by Gasteiger charge is 2.32. The van der Waals surface area contributed by atoms with Gasteiger partial charge in [0.05, 0.1) is 20.3 Å². The maximum absolute atomic E-state index is 13.6. The molecular formula is C21H27FN2O2. The maximum Gasteiger partial charge on any atom is 0.161 e. The summed E-state index contributed by atoms with van der Waals surface area (Å²) in [5, 5.41) is 0. The molecule has 0 bridgehead atoms. The number of nitrogens with zero attached hydrogens (tertiary/aromatic N) is 1. The third-order valence-electron chi connectivity index (χ3n) is 5.18. The van der Waals surface area contributed by atoms with Gasteiger partial charge in [0.1, 0.15) is 5.82 Å². The van der Waals surface area contributed by atoms with Crippen LogP contribution in [0, 0.1) is 5.82 Å². The Balaban J connectivity index is 1.98. The molecule has 5 heteroatoms. The summed E-state index contributed by atoms with van der Waals surface area (Å²) >= 11 is 0. The fourth-order valence-corrected chi connectivity index (χ4v) is 3.80. The van der Waals surface area contributed by atoms with E-state index in [1.165, 1.54) is 17.2 Å². The van der Waals surface area contributed by atoms with Crippen molar-refractivity contribution in [2.24, 2.45) is 5.73 Å². The van der Waals surface area contributed by atoms with Crippen LogP contribution in [0.4, 0.5) is 4.39 Å². The minimum atomic E-state index is -0.206. The van der Waals surface area contributed by atoms with Gasteiger partial charge in [0.25, 0.3) is 0 Å². The molecular weight excluding hydrogens is 331 g/mol. The Bertz CT molecular complexity index is 766. The summed E-state index contributed by atoms with van der Waals surface area (Å²) in [5.41, 5.74) is 9.89. The number of hydrogen-bond donors (Lipinski definition) is 1. The van der Waals surface area contributed by atoms with E-state index in [0.717, 1.165) is 30.7 Å². The first kappa shape index (κ1) is 18.7. The van der Waals surface area contributed by atoms with Gasteiger partial charge in [-0.25, -0.2) is 4.39 Å². The average Bonchev–Trinajstić information content (AvgIpc) is 2.66. The molecule has 0 saturated carbocycles. The predicted octanol–water partition coefficient (Wildman–Crippen LogP) is 3.68. The van der Waals surface area contributed by atoms with E-state index in [0.29, 0.717) is 12.3 Å². The van der Waals surface area contributed by atoms with E-state index in [4.69, 9.17) is 15.2 Å². The van der Waals surface area contributed by atoms with Crippen LogP contribution in [-0.2, 0) is 13.0 Å². The molecule has 1 aliphatic heterocycles. The second kappa shape index (κ2) is 8.06. The van der Waals surface area contributed by atoms with Crippen LogP contribution < -0.4 is 15.2 Å². The van der Waals surface area contributed by atoms with Gasteiger partial charge in [0.2, 0.25) is 0 Å². The summed E-state index contributed by atoms with van der Waals surface area (Å²) in [6.45, 7) is 3.64. The number of hydrogen-bond acceptors (Lipinski definition) is 4. The van der Waals surface area contributed by atoms with Gasteiger partial charge < -0.3 is 15.2 Å². The number of nitrogens with two attached hydrogens (primary N) is 1. The van der Waals surface area contributed by atoms with Crippen LogP contribution in [0.5, 0.6) is 11.5 Å². The highest BCUT2D eigenvalue weighted by molar-refractivity contribution is 5.50. The van der Waals surface area contributed by atoms with Crippen LogP contribution in [0.25, 0.3) is 0 Å². The number of methoxy groups -OCH3 is 2.